The van der Waals surface area contributed by atoms with Crippen LogP contribution in [0.2, 0.25) is 0 Å². The lowest BCUT2D eigenvalue weighted by molar-refractivity contribution is 0.0195. The Kier molecular flexibility index (Phi) is 11.9. The largest absolute Gasteiger partial charge is 0.461 e. The molecule has 1 saturated carbocycles. The predicted molar refractivity (Wildman–Crippen MR) is 159 cm³/mol. The third-order valence-corrected chi connectivity index (χ3v) is 7.81. The molecule has 1 saturated heterocycles. The number of esters is 1. The molecule has 3 atom stereocenters. The Hall–Kier alpha value is -2.15. The van der Waals surface area contributed by atoms with Crippen molar-refractivity contribution >= 4 is 41.6 Å². The molecule has 1 aliphatic carbocycles. The average molecular weight is 560 g/mol. The first-order chi connectivity index (χ1) is 17.7. The maximum Gasteiger partial charge on any atom is 0.338 e. The van der Waals surface area contributed by atoms with E-state index in [0.29, 0.717) is 30.2 Å². The fourth-order valence-corrected chi connectivity index (χ4v) is 5.78. The molecule has 2 fully saturated rings. The molecule has 2 aliphatic rings. The molecular weight excluding hydrogens is 519 g/mol. The number of benzene rings is 3. The van der Waals surface area contributed by atoms with Crippen molar-refractivity contribution in [1.82, 2.24) is 10.2 Å². The molecule has 1 aliphatic heterocycles. The normalized spacial score (nSPS) is 20.7. The maximum absolute atomic E-state index is 12.5. The van der Waals surface area contributed by atoms with Crippen molar-refractivity contribution in [3.8, 4) is 0 Å². The summed E-state index contributed by atoms with van der Waals surface area (Å²) in [5, 5.41) is 6.55. The van der Waals surface area contributed by atoms with E-state index < -0.39 is 0 Å². The highest BCUT2D eigenvalue weighted by molar-refractivity contribution is 5.89. The van der Waals surface area contributed by atoms with E-state index in [9.17, 15) is 4.79 Å². The van der Waals surface area contributed by atoms with E-state index >= 15 is 0 Å². The van der Waals surface area contributed by atoms with Crippen molar-refractivity contribution in [1.29, 1.82) is 0 Å². The monoisotopic (exact) mass is 558 g/mol. The maximum atomic E-state index is 12.5. The van der Waals surface area contributed by atoms with Gasteiger partial charge < -0.3 is 14.8 Å². The van der Waals surface area contributed by atoms with Crippen molar-refractivity contribution in [2.24, 2.45) is 0 Å². The van der Waals surface area contributed by atoms with E-state index in [-0.39, 0.29) is 30.8 Å². The fraction of sp³-hybridized carbons (Fsp3) is 0.452. The molecule has 38 heavy (non-hydrogen) atoms. The number of ether oxygens (including phenoxy) is 2. The number of carbonyl (C=O) groups excluding carboxylic acids is 1. The topological polar surface area (TPSA) is 50.8 Å². The first-order valence-electron chi connectivity index (χ1n) is 13.5. The van der Waals surface area contributed by atoms with Gasteiger partial charge in [-0.2, -0.15) is 0 Å². The van der Waals surface area contributed by atoms with Gasteiger partial charge in [0.25, 0.3) is 0 Å². The van der Waals surface area contributed by atoms with Crippen LogP contribution >= 0.6 is 24.8 Å². The fourth-order valence-electron chi connectivity index (χ4n) is 5.78. The zero-order valence-electron chi connectivity index (χ0n) is 22.1. The Morgan fingerprint density at radius 2 is 1.74 bits per heavy atom. The summed E-state index contributed by atoms with van der Waals surface area (Å²) in [4.78, 5) is 14.8. The van der Waals surface area contributed by atoms with E-state index in [1.807, 2.05) is 12.1 Å². The van der Waals surface area contributed by atoms with Gasteiger partial charge in [-0.05, 0) is 66.1 Å². The number of carbonyl (C=O) groups is 1. The van der Waals surface area contributed by atoms with Gasteiger partial charge in [0, 0.05) is 31.7 Å². The molecule has 0 amide bonds. The first-order valence-corrected chi connectivity index (χ1v) is 13.5. The highest BCUT2D eigenvalue weighted by Crippen LogP contribution is 2.34. The Labute approximate surface area is 239 Å². The number of morpholine rings is 1. The third kappa shape index (κ3) is 7.71. The van der Waals surface area contributed by atoms with Crippen LogP contribution in [0.15, 0.2) is 66.7 Å². The van der Waals surface area contributed by atoms with Crippen LogP contribution in [0.1, 0.15) is 66.1 Å². The zero-order chi connectivity index (χ0) is 24.7. The molecule has 1 heterocycles. The SMILES string of the molecule is C[C@@H](NC1CCCC(c2ccc(C(=O)OCCN3CCOCC3)cc2)C1)c1cccc2ccccc12.Cl.Cl. The standard InChI is InChI=1S/C31H38N2O3.2ClH/c1-23(29-11-5-7-25-6-2-3-10-30(25)29)32-28-9-4-8-27(22-28)24-12-14-26(15-13-24)31(34)36-21-18-33-16-19-35-20-17-33;;/h2-3,5-7,10-15,23,27-28,32H,4,8-9,16-22H2,1H3;2*1H/t23-,27?,28?;;/m1../s1. The summed E-state index contributed by atoms with van der Waals surface area (Å²) in [7, 11) is 0. The second kappa shape index (κ2) is 14.9. The zero-order valence-corrected chi connectivity index (χ0v) is 23.8. The van der Waals surface area contributed by atoms with Crippen molar-refractivity contribution in [2.45, 2.75) is 50.6 Å². The highest BCUT2D eigenvalue weighted by atomic mass is 35.5. The molecule has 5 rings (SSSR count). The number of hydrogen-bond acceptors (Lipinski definition) is 5. The molecule has 1 N–H and O–H groups in total. The smallest absolute Gasteiger partial charge is 0.338 e. The molecule has 2 unspecified atom stereocenters. The summed E-state index contributed by atoms with van der Waals surface area (Å²) < 4.78 is 10.9. The molecule has 7 heteroatoms. The summed E-state index contributed by atoms with van der Waals surface area (Å²) in [6.45, 7) is 6.80. The van der Waals surface area contributed by atoms with Gasteiger partial charge in [0.1, 0.15) is 6.61 Å². The Balaban J connectivity index is 0.00000200. The molecule has 0 radical (unpaired) electrons. The van der Waals surface area contributed by atoms with Crippen LogP contribution in [-0.4, -0.2) is 56.4 Å². The minimum Gasteiger partial charge on any atom is -0.461 e. The van der Waals surface area contributed by atoms with Crippen LogP contribution in [0.4, 0.5) is 0 Å². The van der Waals surface area contributed by atoms with Gasteiger partial charge in [0.05, 0.1) is 18.8 Å². The second-order valence-corrected chi connectivity index (χ2v) is 10.2. The Morgan fingerprint density at radius 1 is 1.00 bits per heavy atom. The van der Waals surface area contributed by atoms with Crippen LogP contribution in [0, 0.1) is 0 Å². The van der Waals surface area contributed by atoms with E-state index in [4.69, 9.17) is 9.47 Å². The number of hydrogen-bond donors (Lipinski definition) is 1. The lowest BCUT2D eigenvalue weighted by Gasteiger charge is -2.32. The molecule has 5 nitrogen and oxygen atoms in total. The van der Waals surface area contributed by atoms with Crippen LogP contribution < -0.4 is 5.32 Å². The van der Waals surface area contributed by atoms with Crippen LogP contribution in [0.5, 0.6) is 0 Å². The minimum absolute atomic E-state index is 0. The van der Waals surface area contributed by atoms with Gasteiger partial charge in [-0.25, -0.2) is 4.79 Å². The molecule has 0 aromatic heterocycles. The van der Waals surface area contributed by atoms with Crippen molar-refractivity contribution in [3.05, 3.63) is 83.4 Å². The van der Waals surface area contributed by atoms with Crippen molar-refractivity contribution in [3.63, 3.8) is 0 Å². The number of halogens is 2. The number of nitrogens with one attached hydrogen (secondary N) is 1. The van der Waals surface area contributed by atoms with Gasteiger partial charge in [-0.1, -0.05) is 61.0 Å². The molecule has 0 spiro atoms. The molecule has 0 bridgehead atoms. The summed E-state index contributed by atoms with van der Waals surface area (Å²) in [5.41, 5.74) is 3.33. The van der Waals surface area contributed by atoms with Gasteiger partial charge in [0.15, 0.2) is 0 Å². The van der Waals surface area contributed by atoms with Gasteiger partial charge in [-0.15, -0.1) is 24.8 Å². The number of rotatable bonds is 8. The van der Waals surface area contributed by atoms with Gasteiger partial charge >= 0.3 is 5.97 Å². The van der Waals surface area contributed by atoms with Gasteiger partial charge in [-0.3, -0.25) is 4.90 Å². The van der Waals surface area contributed by atoms with Crippen molar-refractivity contribution < 1.29 is 14.3 Å². The van der Waals surface area contributed by atoms with Crippen molar-refractivity contribution in [2.75, 3.05) is 39.5 Å². The third-order valence-electron chi connectivity index (χ3n) is 7.81. The van der Waals surface area contributed by atoms with E-state index in [1.165, 1.54) is 41.2 Å². The highest BCUT2D eigenvalue weighted by Gasteiger charge is 2.25. The lowest BCUT2D eigenvalue weighted by atomic mass is 9.81. The summed E-state index contributed by atoms with van der Waals surface area (Å²) in [6.07, 6.45) is 4.75. The summed E-state index contributed by atoms with van der Waals surface area (Å²) in [6, 6.07) is 24.1. The predicted octanol–water partition coefficient (Wildman–Crippen LogP) is 6.55. The number of nitrogens with zero attached hydrogens (tertiary/aromatic N) is 1. The Morgan fingerprint density at radius 3 is 2.53 bits per heavy atom. The Bertz CT molecular complexity index is 1150. The molecular formula is C31H40Cl2N2O3. The lowest BCUT2D eigenvalue weighted by Crippen LogP contribution is -2.38. The summed E-state index contributed by atoms with van der Waals surface area (Å²) in [5.74, 6) is 0.282. The van der Waals surface area contributed by atoms with Crippen LogP contribution in [-0.2, 0) is 9.47 Å². The van der Waals surface area contributed by atoms with Crippen LogP contribution in [0.25, 0.3) is 10.8 Å². The quantitative estimate of drug-likeness (QED) is 0.317. The first kappa shape index (κ1) is 30.4. The van der Waals surface area contributed by atoms with Crippen LogP contribution in [0.3, 0.4) is 0 Å². The molecule has 206 valence electrons. The van der Waals surface area contributed by atoms with E-state index in [2.05, 4.69) is 71.7 Å². The van der Waals surface area contributed by atoms with E-state index in [0.717, 1.165) is 39.3 Å². The number of fused-ring (bicyclic) bond motifs is 1. The summed E-state index contributed by atoms with van der Waals surface area (Å²) >= 11 is 0. The average Bonchev–Trinajstić information content (AvgIpc) is 2.93. The van der Waals surface area contributed by atoms with Gasteiger partial charge in [0.2, 0.25) is 0 Å². The molecule has 3 aromatic carbocycles. The van der Waals surface area contributed by atoms with E-state index in [1.54, 1.807) is 0 Å². The molecule has 3 aromatic rings. The minimum atomic E-state index is -0.234. The second-order valence-electron chi connectivity index (χ2n) is 10.2.